The predicted molar refractivity (Wildman–Crippen MR) is 75.7 cm³/mol. The molecule has 3 nitrogen and oxygen atoms in total. The van der Waals surface area contributed by atoms with Crippen LogP contribution < -0.4 is 0 Å². The lowest BCUT2D eigenvalue weighted by molar-refractivity contribution is -0.141. The fraction of sp³-hybridized carbons (Fsp3) is 0.176. The summed E-state index contributed by atoms with van der Waals surface area (Å²) >= 11 is 0. The zero-order valence-electron chi connectivity index (χ0n) is 11.0. The van der Waals surface area contributed by atoms with Crippen LogP contribution in [0.3, 0.4) is 0 Å². The van der Waals surface area contributed by atoms with E-state index in [0.717, 1.165) is 11.1 Å². The van der Waals surface area contributed by atoms with Crippen molar-refractivity contribution in [3.8, 4) is 6.07 Å². The van der Waals surface area contributed by atoms with Crippen LogP contribution in [0.25, 0.3) is 0 Å². The molecule has 0 unspecified atom stereocenters. The number of nitriles is 1. The van der Waals surface area contributed by atoms with E-state index in [0.29, 0.717) is 19.3 Å². The smallest absolute Gasteiger partial charge is 0.294 e. The minimum atomic E-state index is -0.903. The molecule has 0 N–H and O–H groups in total. The van der Waals surface area contributed by atoms with E-state index in [9.17, 15) is 4.79 Å². The van der Waals surface area contributed by atoms with Crippen molar-refractivity contribution in [2.45, 2.75) is 18.4 Å². The molecule has 0 aliphatic heterocycles. The topological polar surface area (TPSA) is 50.1 Å². The minimum absolute atomic E-state index is 0.303. The van der Waals surface area contributed by atoms with Gasteiger partial charge < -0.3 is 4.74 Å². The van der Waals surface area contributed by atoms with Crippen LogP contribution in [0.4, 0.5) is 0 Å². The molecular weight excluding hydrogens is 250 g/mol. The van der Waals surface area contributed by atoms with Crippen molar-refractivity contribution in [3.63, 3.8) is 0 Å². The highest BCUT2D eigenvalue weighted by Gasteiger charge is 2.35. The molecule has 0 aliphatic carbocycles. The number of ether oxygens (including phenoxy) is 1. The Balaban J connectivity index is 2.56. The second kappa shape index (κ2) is 6.53. The van der Waals surface area contributed by atoms with Crippen LogP contribution in [0, 0.1) is 11.3 Å². The molecule has 20 heavy (non-hydrogen) atoms. The number of nitrogens with zero attached hydrogens (tertiary/aromatic N) is 1. The van der Waals surface area contributed by atoms with Gasteiger partial charge >= 0.3 is 0 Å². The van der Waals surface area contributed by atoms with Gasteiger partial charge in [0.2, 0.25) is 0 Å². The molecule has 100 valence electrons. The molecule has 0 aromatic heterocycles. The molecule has 0 aliphatic rings. The molecule has 2 aromatic rings. The van der Waals surface area contributed by atoms with E-state index in [1.54, 1.807) is 0 Å². The zero-order valence-corrected chi connectivity index (χ0v) is 11.0. The van der Waals surface area contributed by atoms with Crippen molar-refractivity contribution in [1.29, 1.82) is 5.26 Å². The summed E-state index contributed by atoms with van der Waals surface area (Å²) in [6.45, 7) is 0.456. The highest BCUT2D eigenvalue weighted by molar-refractivity contribution is 5.45. The van der Waals surface area contributed by atoms with Crippen molar-refractivity contribution in [2.75, 3.05) is 0 Å². The van der Waals surface area contributed by atoms with Gasteiger partial charge in [-0.2, -0.15) is 5.26 Å². The lowest BCUT2D eigenvalue weighted by Crippen LogP contribution is -2.31. The van der Waals surface area contributed by atoms with Gasteiger partial charge in [0.15, 0.2) is 5.60 Å². The number of hydrogen-bond acceptors (Lipinski definition) is 3. The van der Waals surface area contributed by atoms with Gasteiger partial charge in [-0.15, -0.1) is 0 Å². The van der Waals surface area contributed by atoms with Crippen molar-refractivity contribution in [3.05, 3.63) is 71.8 Å². The Kier molecular flexibility index (Phi) is 4.52. The van der Waals surface area contributed by atoms with Crippen LogP contribution in [-0.4, -0.2) is 6.47 Å². The monoisotopic (exact) mass is 265 g/mol. The third-order valence-corrected chi connectivity index (χ3v) is 3.32. The van der Waals surface area contributed by atoms with Crippen LogP contribution in [0.1, 0.15) is 24.0 Å². The molecule has 2 aromatic carbocycles. The van der Waals surface area contributed by atoms with Gasteiger partial charge in [0.1, 0.15) is 0 Å². The van der Waals surface area contributed by atoms with Gasteiger partial charge in [-0.3, -0.25) is 4.79 Å². The maximum atomic E-state index is 11.0. The lowest BCUT2D eigenvalue weighted by atomic mass is 9.82. The van der Waals surface area contributed by atoms with Crippen LogP contribution in [0.2, 0.25) is 0 Å². The largest absolute Gasteiger partial charge is 0.451 e. The molecule has 0 bridgehead atoms. The predicted octanol–water partition coefficient (Wildman–Crippen LogP) is 3.41. The van der Waals surface area contributed by atoms with Gasteiger partial charge in [0, 0.05) is 24.0 Å². The van der Waals surface area contributed by atoms with Gasteiger partial charge in [-0.05, 0) is 0 Å². The first-order valence-electron chi connectivity index (χ1n) is 6.43. The highest BCUT2D eigenvalue weighted by Crippen LogP contribution is 2.37. The van der Waals surface area contributed by atoms with E-state index in [4.69, 9.17) is 10.00 Å². The van der Waals surface area contributed by atoms with Gasteiger partial charge in [-0.25, -0.2) is 0 Å². The average Bonchev–Trinajstić information content (AvgIpc) is 2.53. The fourth-order valence-electron chi connectivity index (χ4n) is 2.38. The first-order chi connectivity index (χ1) is 9.83. The molecule has 0 atom stereocenters. The molecule has 0 saturated heterocycles. The summed E-state index contributed by atoms with van der Waals surface area (Å²) in [5.74, 6) is 0. The molecule has 0 fully saturated rings. The standard InChI is InChI=1S/C17H15NO2/c18-13-7-12-17(20-14-19,15-8-3-1-4-9-15)16-10-5-2-6-11-16/h1-6,8-11,14H,7,12H2. The first kappa shape index (κ1) is 13.8. The second-order valence-electron chi connectivity index (χ2n) is 4.43. The summed E-state index contributed by atoms with van der Waals surface area (Å²) in [7, 11) is 0. The fourth-order valence-corrected chi connectivity index (χ4v) is 2.38. The second-order valence-corrected chi connectivity index (χ2v) is 4.43. The summed E-state index contributed by atoms with van der Waals surface area (Å²) in [4.78, 5) is 11.0. The van der Waals surface area contributed by atoms with E-state index in [1.807, 2.05) is 60.7 Å². The molecule has 2 rings (SSSR count). The van der Waals surface area contributed by atoms with Gasteiger partial charge in [0.05, 0.1) is 6.07 Å². The molecule has 3 heteroatoms. The molecule has 0 saturated carbocycles. The van der Waals surface area contributed by atoms with Crippen LogP contribution >= 0.6 is 0 Å². The molecule has 0 spiro atoms. The van der Waals surface area contributed by atoms with Gasteiger partial charge in [0.25, 0.3) is 6.47 Å². The Morgan fingerprint density at radius 3 is 1.90 bits per heavy atom. The molecule has 0 heterocycles. The van der Waals surface area contributed by atoms with Crippen molar-refractivity contribution < 1.29 is 9.53 Å². The minimum Gasteiger partial charge on any atom is -0.451 e. The maximum absolute atomic E-state index is 11.0. The number of carbonyl (C=O) groups is 1. The normalized spacial score (nSPS) is 10.6. The van der Waals surface area contributed by atoms with E-state index in [2.05, 4.69) is 6.07 Å². The molecule has 0 amide bonds. The number of carbonyl (C=O) groups excluding carboxylic acids is 1. The number of benzene rings is 2. The number of hydrogen-bond donors (Lipinski definition) is 0. The lowest BCUT2D eigenvalue weighted by Gasteiger charge is -2.32. The van der Waals surface area contributed by atoms with Crippen LogP contribution in [-0.2, 0) is 15.1 Å². The molecular formula is C17H15NO2. The van der Waals surface area contributed by atoms with E-state index in [1.165, 1.54) is 0 Å². The average molecular weight is 265 g/mol. The van der Waals surface area contributed by atoms with Crippen molar-refractivity contribution in [1.82, 2.24) is 0 Å². The zero-order chi connectivity index (χ0) is 14.3. The summed E-state index contributed by atoms with van der Waals surface area (Å²) in [6, 6.07) is 21.2. The maximum Gasteiger partial charge on any atom is 0.294 e. The van der Waals surface area contributed by atoms with Gasteiger partial charge in [-0.1, -0.05) is 60.7 Å². The number of rotatable bonds is 6. The van der Waals surface area contributed by atoms with E-state index in [-0.39, 0.29) is 0 Å². The SMILES string of the molecule is N#CCCC(OC=O)(c1ccccc1)c1ccccc1. The first-order valence-corrected chi connectivity index (χ1v) is 6.43. The summed E-state index contributed by atoms with van der Waals surface area (Å²) in [5.41, 5.74) is 0.835. The summed E-state index contributed by atoms with van der Waals surface area (Å²) in [5, 5.41) is 8.90. The third-order valence-electron chi connectivity index (χ3n) is 3.32. The Labute approximate surface area is 118 Å². The summed E-state index contributed by atoms with van der Waals surface area (Å²) < 4.78 is 5.47. The van der Waals surface area contributed by atoms with E-state index >= 15 is 0 Å². The summed E-state index contributed by atoms with van der Waals surface area (Å²) in [6.07, 6.45) is 0.730. The van der Waals surface area contributed by atoms with Crippen molar-refractivity contribution in [2.24, 2.45) is 0 Å². The Morgan fingerprint density at radius 1 is 1.00 bits per heavy atom. The Morgan fingerprint density at radius 2 is 1.50 bits per heavy atom. The van der Waals surface area contributed by atoms with Crippen LogP contribution in [0.15, 0.2) is 60.7 Å². The van der Waals surface area contributed by atoms with E-state index < -0.39 is 5.60 Å². The quantitative estimate of drug-likeness (QED) is 0.752. The Bertz CT molecular complexity index is 548. The van der Waals surface area contributed by atoms with Crippen LogP contribution in [0.5, 0.6) is 0 Å². The highest BCUT2D eigenvalue weighted by atomic mass is 16.5. The molecule has 0 radical (unpaired) electrons. The Hall–Kier alpha value is -2.60. The third kappa shape index (κ3) is 2.70. The van der Waals surface area contributed by atoms with Crippen molar-refractivity contribution >= 4 is 6.47 Å².